The molecule has 7 nitrogen and oxygen atoms in total. The number of imidazole rings is 1. The highest BCUT2D eigenvalue weighted by atomic mass is 127. The van der Waals surface area contributed by atoms with E-state index in [1.54, 1.807) is 6.07 Å². The van der Waals surface area contributed by atoms with Crippen LogP contribution in [0.2, 0.25) is 0 Å². The first-order chi connectivity index (χ1) is 13.4. The molecule has 30 heavy (non-hydrogen) atoms. The normalized spacial score (nSPS) is 11.7. The minimum atomic E-state index is -0.551. The van der Waals surface area contributed by atoms with E-state index in [9.17, 15) is 9.59 Å². The summed E-state index contributed by atoms with van der Waals surface area (Å²) in [4.78, 5) is 24.6. The van der Waals surface area contributed by atoms with Gasteiger partial charge in [0.2, 0.25) is 0 Å². The molecule has 1 amide bonds. The number of aromatic nitrogens is 2. The fraction of sp³-hybridized carbons (Fsp3) is 0.591. The number of benzene rings is 1. The molecule has 1 heterocycles. The summed E-state index contributed by atoms with van der Waals surface area (Å²) in [6, 6.07) is 5.57. The molecular weight excluding hydrogens is 497 g/mol. The fourth-order valence-electron chi connectivity index (χ4n) is 3.22. The van der Waals surface area contributed by atoms with Gasteiger partial charge in [-0.1, -0.05) is 0 Å². The lowest BCUT2D eigenvalue weighted by molar-refractivity contribution is -0.676. The third-order valence-corrected chi connectivity index (χ3v) is 4.24. The zero-order valence-electron chi connectivity index (χ0n) is 19.3. The molecule has 2 aromatic rings. The van der Waals surface area contributed by atoms with E-state index in [1.165, 1.54) is 0 Å². The number of rotatable bonds is 5. The van der Waals surface area contributed by atoms with Gasteiger partial charge in [0.1, 0.15) is 17.7 Å². The Kier molecular flexibility index (Phi) is 8.71. The Morgan fingerprint density at radius 3 is 2.13 bits per heavy atom. The Morgan fingerprint density at radius 2 is 1.63 bits per heavy atom. The quantitative estimate of drug-likeness (QED) is 0.355. The second-order valence-electron chi connectivity index (χ2n) is 8.97. The summed E-state index contributed by atoms with van der Waals surface area (Å²) in [6.07, 6.45) is -0.456. The lowest BCUT2D eigenvalue weighted by Gasteiger charge is -2.19. The second kappa shape index (κ2) is 9.98. The molecule has 0 fully saturated rings. The number of ether oxygens (including phenoxy) is 2. The molecule has 0 unspecified atom stereocenters. The SMILES string of the molecule is CCn1c(CNC(=O)OC(C)(C)C)[n+](CC)c2ccc(C(=O)OC(C)(C)C)cc21.[I-]. The van der Waals surface area contributed by atoms with Crippen molar-refractivity contribution < 1.29 is 47.6 Å². The first-order valence-electron chi connectivity index (χ1n) is 10.1. The number of carbonyl (C=O) groups is 2. The molecule has 1 N–H and O–H groups in total. The van der Waals surface area contributed by atoms with E-state index < -0.39 is 17.3 Å². The number of fused-ring (bicyclic) bond motifs is 1. The molecule has 0 aliphatic rings. The highest BCUT2D eigenvalue weighted by Gasteiger charge is 2.26. The number of nitrogens with one attached hydrogen (secondary N) is 1. The van der Waals surface area contributed by atoms with E-state index in [1.807, 2.05) is 60.6 Å². The summed E-state index contributed by atoms with van der Waals surface area (Å²) >= 11 is 0. The molecule has 0 spiro atoms. The van der Waals surface area contributed by atoms with Crippen molar-refractivity contribution >= 4 is 23.1 Å². The van der Waals surface area contributed by atoms with Gasteiger partial charge in [-0.2, -0.15) is 0 Å². The van der Waals surface area contributed by atoms with Gasteiger partial charge in [-0.25, -0.2) is 18.7 Å². The molecular formula is C22H34IN3O4. The van der Waals surface area contributed by atoms with E-state index in [2.05, 4.69) is 21.4 Å². The average Bonchev–Trinajstić information content (AvgIpc) is 2.88. The molecule has 0 saturated carbocycles. The highest BCUT2D eigenvalue weighted by Crippen LogP contribution is 2.20. The van der Waals surface area contributed by atoms with Crippen molar-refractivity contribution in [3.05, 3.63) is 29.6 Å². The number of halogens is 1. The molecule has 2 rings (SSSR count). The minimum Gasteiger partial charge on any atom is -1.00 e. The van der Waals surface area contributed by atoms with Gasteiger partial charge in [-0.05, 0) is 67.5 Å². The van der Waals surface area contributed by atoms with Crippen LogP contribution in [0.3, 0.4) is 0 Å². The van der Waals surface area contributed by atoms with E-state index in [4.69, 9.17) is 9.47 Å². The zero-order valence-corrected chi connectivity index (χ0v) is 21.4. The van der Waals surface area contributed by atoms with Crippen LogP contribution >= 0.6 is 0 Å². The van der Waals surface area contributed by atoms with Crippen LogP contribution in [0.1, 0.15) is 71.6 Å². The summed E-state index contributed by atoms with van der Waals surface area (Å²) in [5.41, 5.74) is 1.34. The molecule has 0 bridgehead atoms. The summed E-state index contributed by atoms with van der Waals surface area (Å²) < 4.78 is 15.1. The standard InChI is InChI=1S/C22H33N3O4.HI/c1-9-24-16-12-11-15(19(26)28-21(3,4)5)13-17(16)25(10-2)18(24)14-23-20(27)29-22(6,7)8;/h11-13H,9-10,14H2,1-8H3;1H. The van der Waals surface area contributed by atoms with Crippen LogP contribution < -0.4 is 33.9 Å². The lowest BCUT2D eigenvalue weighted by atomic mass is 10.1. The van der Waals surface area contributed by atoms with Gasteiger partial charge < -0.3 is 38.8 Å². The molecule has 168 valence electrons. The molecule has 8 heteroatoms. The van der Waals surface area contributed by atoms with Gasteiger partial charge in [-0.3, -0.25) is 0 Å². The van der Waals surface area contributed by atoms with Crippen molar-refractivity contribution in [3.8, 4) is 0 Å². The Hall–Kier alpha value is -1.84. The minimum absolute atomic E-state index is 0. The van der Waals surface area contributed by atoms with E-state index >= 15 is 0 Å². The number of nitrogens with zero attached hydrogens (tertiary/aromatic N) is 2. The van der Waals surface area contributed by atoms with Gasteiger partial charge in [-0.15, -0.1) is 0 Å². The number of esters is 1. The number of amides is 1. The molecule has 0 aliphatic carbocycles. The molecule has 0 saturated heterocycles. The molecule has 1 aromatic carbocycles. The molecule has 1 aromatic heterocycles. The lowest BCUT2D eigenvalue weighted by Crippen LogP contribution is -3.00. The third-order valence-electron chi connectivity index (χ3n) is 4.24. The van der Waals surface area contributed by atoms with Crippen LogP contribution in [-0.2, 0) is 29.1 Å². The number of alkyl carbamates (subject to hydrolysis) is 1. The van der Waals surface area contributed by atoms with Gasteiger partial charge in [0, 0.05) is 6.07 Å². The van der Waals surface area contributed by atoms with Crippen LogP contribution in [0.5, 0.6) is 0 Å². The fourth-order valence-corrected chi connectivity index (χ4v) is 3.22. The number of aryl methyl sites for hydroxylation is 2. The molecule has 0 aliphatic heterocycles. The molecule has 0 atom stereocenters. The van der Waals surface area contributed by atoms with Gasteiger partial charge in [0.05, 0.1) is 18.7 Å². The van der Waals surface area contributed by atoms with Crippen molar-refractivity contribution in [3.63, 3.8) is 0 Å². The number of hydrogen-bond donors (Lipinski definition) is 1. The maximum atomic E-state index is 12.5. The van der Waals surface area contributed by atoms with Gasteiger partial charge >= 0.3 is 12.1 Å². The van der Waals surface area contributed by atoms with Crippen molar-refractivity contribution in [1.29, 1.82) is 0 Å². The first-order valence-corrected chi connectivity index (χ1v) is 10.1. The van der Waals surface area contributed by atoms with Crippen LogP contribution in [0.25, 0.3) is 11.0 Å². The van der Waals surface area contributed by atoms with Crippen LogP contribution in [0.4, 0.5) is 4.79 Å². The predicted octanol–water partition coefficient (Wildman–Crippen LogP) is 0.953. The highest BCUT2D eigenvalue weighted by molar-refractivity contribution is 5.93. The second-order valence-corrected chi connectivity index (χ2v) is 8.97. The largest absolute Gasteiger partial charge is 1.00 e. The monoisotopic (exact) mass is 531 g/mol. The Labute approximate surface area is 196 Å². The molecule has 0 radical (unpaired) electrons. The average molecular weight is 531 g/mol. The topological polar surface area (TPSA) is 73.4 Å². The summed E-state index contributed by atoms with van der Waals surface area (Å²) in [7, 11) is 0. The summed E-state index contributed by atoms with van der Waals surface area (Å²) in [5, 5.41) is 2.84. The van der Waals surface area contributed by atoms with Gasteiger partial charge in [0.25, 0.3) is 5.82 Å². The Bertz CT molecular complexity index is 908. The van der Waals surface area contributed by atoms with Crippen molar-refractivity contribution in [2.45, 2.75) is 86.2 Å². The maximum absolute atomic E-state index is 12.5. The summed E-state index contributed by atoms with van der Waals surface area (Å²) in [5.74, 6) is 0.594. The third kappa shape index (κ3) is 6.58. The predicted molar refractivity (Wildman–Crippen MR) is 112 cm³/mol. The maximum Gasteiger partial charge on any atom is 0.408 e. The van der Waals surface area contributed by atoms with Crippen molar-refractivity contribution in [1.82, 2.24) is 9.88 Å². The Morgan fingerprint density at radius 1 is 1.03 bits per heavy atom. The van der Waals surface area contributed by atoms with Crippen LogP contribution in [-0.4, -0.2) is 27.8 Å². The van der Waals surface area contributed by atoms with Crippen LogP contribution in [0.15, 0.2) is 18.2 Å². The van der Waals surface area contributed by atoms with Crippen molar-refractivity contribution in [2.75, 3.05) is 0 Å². The van der Waals surface area contributed by atoms with E-state index in [0.717, 1.165) is 23.4 Å². The van der Waals surface area contributed by atoms with E-state index in [-0.39, 0.29) is 29.9 Å². The smallest absolute Gasteiger partial charge is 0.408 e. The zero-order chi connectivity index (χ0) is 22.0. The van der Waals surface area contributed by atoms with Crippen LogP contribution in [0, 0.1) is 0 Å². The number of carbonyl (C=O) groups excluding carboxylic acids is 2. The summed E-state index contributed by atoms with van der Waals surface area (Å²) in [6.45, 7) is 16.9. The first kappa shape index (κ1) is 26.2. The Balaban J connectivity index is 0.00000450. The van der Waals surface area contributed by atoms with Gasteiger partial charge in [0.15, 0.2) is 11.0 Å². The van der Waals surface area contributed by atoms with Crippen molar-refractivity contribution in [2.24, 2.45) is 0 Å². The van der Waals surface area contributed by atoms with E-state index in [0.29, 0.717) is 18.7 Å². The number of hydrogen-bond acceptors (Lipinski definition) is 4.